The van der Waals surface area contributed by atoms with Crippen molar-refractivity contribution >= 4 is 22.5 Å². The molecule has 0 spiro atoms. The summed E-state index contributed by atoms with van der Waals surface area (Å²) in [7, 11) is 0. The van der Waals surface area contributed by atoms with Crippen molar-refractivity contribution in [3.05, 3.63) is 41.7 Å². The summed E-state index contributed by atoms with van der Waals surface area (Å²) >= 11 is 0. The molecule has 0 aliphatic carbocycles. The van der Waals surface area contributed by atoms with Gasteiger partial charge in [-0.25, -0.2) is 0 Å². The minimum Gasteiger partial charge on any atom is -0.493 e. The lowest BCUT2D eigenvalue weighted by Crippen LogP contribution is -2.06. The van der Waals surface area contributed by atoms with Gasteiger partial charge in [0.25, 0.3) is 5.91 Å². The largest absolute Gasteiger partial charge is 0.493 e. The summed E-state index contributed by atoms with van der Waals surface area (Å²) in [6.45, 7) is 4.30. The molecule has 2 aromatic heterocycles. The van der Waals surface area contributed by atoms with Gasteiger partial charge in [-0.2, -0.15) is 5.10 Å². The quantitative estimate of drug-likeness (QED) is 0.723. The van der Waals surface area contributed by atoms with E-state index < -0.39 is 0 Å². The van der Waals surface area contributed by atoms with Crippen LogP contribution < -0.4 is 0 Å². The fourth-order valence-corrected chi connectivity index (χ4v) is 2.47. The van der Waals surface area contributed by atoms with Crippen LogP contribution in [0.2, 0.25) is 0 Å². The lowest BCUT2D eigenvalue weighted by atomic mass is 10.2. The van der Waals surface area contributed by atoms with Crippen LogP contribution in [0.1, 0.15) is 17.8 Å². The van der Waals surface area contributed by atoms with Crippen molar-refractivity contribution in [1.29, 1.82) is 0 Å². The second kappa shape index (κ2) is 6.04. The van der Waals surface area contributed by atoms with E-state index in [1.807, 2.05) is 38.1 Å². The number of azo groups is 1. The number of aromatic hydroxyl groups is 1. The van der Waals surface area contributed by atoms with Gasteiger partial charge in [0, 0.05) is 11.1 Å². The zero-order chi connectivity index (χ0) is 16.4. The highest BCUT2D eigenvalue weighted by atomic mass is 16.3. The molecule has 1 aromatic carbocycles. The molecule has 3 rings (SSSR count). The number of hydrogen-bond acceptors (Lipinski definition) is 4. The summed E-state index contributed by atoms with van der Waals surface area (Å²) in [5, 5.41) is 22.5. The van der Waals surface area contributed by atoms with E-state index in [2.05, 4.69) is 20.3 Å². The van der Waals surface area contributed by atoms with E-state index in [0.29, 0.717) is 6.54 Å². The Hall–Kier alpha value is -2.96. The van der Waals surface area contributed by atoms with E-state index in [9.17, 15) is 9.90 Å². The predicted octanol–water partition coefficient (Wildman–Crippen LogP) is 3.39. The molecule has 7 heteroatoms. The average molecular weight is 311 g/mol. The first-order valence-corrected chi connectivity index (χ1v) is 7.30. The maximum atomic E-state index is 11.9. The fourth-order valence-electron chi connectivity index (χ4n) is 2.47. The Kier molecular flexibility index (Phi) is 3.92. The van der Waals surface area contributed by atoms with Crippen molar-refractivity contribution in [2.24, 2.45) is 10.2 Å². The number of H-pyrrole nitrogens is 1. The number of para-hydroxylation sites is 1. The van der Waals surface area contributed by atoms with Crippen LogP contribution in [0, 0.1) is 13.8 Å². The molecule has 0 bridgehead atoms. The number of rotatable bonds is 4. The smallest absolute Gasteiger partial charge is 0.266 e. The first-order valence-electron chi connectivity index (χ1n) is 7.30. The molecular weight excluding hydrogens is 294 g/mol. The predicted molar refractivity (Wildman–Crippen MR) is 85.8 cm³/mol. The third-order valence-corrected chi connectivity index (χ3v) is 3.56. The van der Waals surface area contributed by atoms with Crippen molar-refractivity contribution in [3.8, 4) is 5.88 Å². The van der Waals surface area contributed by atoms with Crippen LogP contribution in [-0.4, -0.2) is 25.8 Å². The lowest BCUT2D eigenvalue weighted by molar-refractivity contribution is -0.118. The van der Waals surface area contributed by atoms with Crippen molar-refractivity contribution in [2.75, 3.05) is 0 Å². The van der Waals surface area contributed by atoms with Gasteiger partial charge in [0.15, 0.2) is 5.69 Å². The van der Waals surface area contributed by atoms with Crippen LogP contribution in [0.5, 0.6) is 5.88 Å². The van der Waals surface area contributed by atoms with Gasteiger partial charge >= 0.3 is 0 Å². The van der Waals surface area contributed by atoms with Crippen LogP contribution in [-0.2, 0) is 11.3 Å². The minimum atomic E-state index is -0.359. The normalized spacial score (nSPS) is 11.6. The molecule has 0 aliphatic heterocycles. The van der Waals surface area contributed by atoms with Crippen molar-refractivity contribution in [3.63, 3.8) is 0 Å². The van der Waals surface area contributed by atoms with Crippen molar-refractivity contribution in [1.82, 2.24) is 14.8 Å². The van der Waals surface area contributed by atoms with Crippen molar-refractivity contribution < 1.29 is 9.90 Å². The van der Waals surface area contributed by atoms with Gasteiger partial charge in [0.2, 0.25) is 5.88 Å². The van der Waals surface area contributed by atoms with Crippen LogP contribution >= 0.6 is 0 Å². The Morgan fingerprint density at radius 2 is 2.13 bits per heavy atom. The molecular formula is C16H17N5O2. The van der Waals surface area contributed by atoms with Crippen LogP contribution in [0.3, 0.4) is 0 Å². The molecule has 3 aromatic rings. The molecule has 118 valence electrons. The van der Waals surface area contributed by atoms with Crippen molar-refractivity contribution in [2.45, 2.75) is 26.8 Å². The number of carbonyl (C=O) groups excluding carboxylic acids is 1. The average Bonchev–Trinajstić information content (AvgIpc) is 3.01. The molecule has 0 saturated heterocycles. The maximum absolute atomic E-state index is 11.9. The first kappa shape index (κ1) is 15.0. The van der Waals surface area contributed by atoms with Gasteiger partial charge < -0.3 is 10.1 Å². The van der Waals surface area contributed by atoms with Gasteiger partial charge in [0.05, 0.1) is 24.2 Å². The number of benzene rings is 1. The van der Waals surface area contributed by atoms with E-state index in [1.165, 1.54) is 0 Å². The number of nitrogens with zero attached hydrogens (tertiary/aromatic N) is 4. The highest BCUT2D eigenvalue weighted by Crippen LogP contribution is 2.35. The summed E-state index contributed by atoms with van der Waals surface area (Å²) in [5.74, 6) is -0.455. The van der Waals surface area contributed by atoms with Gasteiger partial charge in [-0.15, -0.1) is 10.2 Å². The Balaban J connectivity index is 1.70. The van der Waals surface area contributed by atoms with Crippen LogP contribution in [0.25, 0.3) is 10.9 Å². The number of hydrogen-bond donors (Lipinski definition) is 2. The Bertz CT molecular complexity index is 891. The second-order valence-electron chi connectivity index (χ2n) is 5.36. The standard InChI is InChI=1S/C16H17N5O2/c1-10-9-11(2)21(20-10)8-7-14(22)18-19-15-12-5-3-4-6-13(12)17-16(15)23/h3-6,9,17,23H,7-8H2,1-2H3. The zero-order valence-corrected chi connectivity index (χ0v) is 12.9. The minimum absolute atomic E-state index is 0.0960. The molecule has 7 nitrogen and oxygen atoms in total. The number of aryl methyl sites for hydroxylation is 3. The first-order chi connectivity index (χ1) is 11.0. The molecule has 0 saturated carbocycles. The molecule has 2 heterocycles. The molecule has 1 amide bonds. The number of fused-ring (bicyclic) bond motifs is 1. The SMILES string of the molecule is Cc1cc(C)n(CCC(=O)N=Nc2c(O)[nH]c3ccccc23)n1. The number of amides is 1. The topological polar surface area (TPSA) is 95.6 Å². The molecule has 2 N–H and O–H groups in total. The summed E-state index contributed by atoms with van der Waals surface area (Å²) in [6.07, 6.45) is 0.203. The third-order valence-electron chi connectivity index (χ3n) is 3.56. The van der Waals surface area contributed by atoms with Gasteiger partial charge in [-0.3, -0.25) is 9.48 Å². The third kappa shape index (κ3) is 3.13. The second-order valence-corrected chi connectivity index (χ2v) is 5.36. The highest BCUT2D eigenvalue weighted by molar-refractivity contribution is 5.94. The van der Waals surface area contributed by atoms with Gasteiger partial charge in [0.1, 0.15) is 0 Å². The number of nitrogens with one attached hydrogen (secondary N) is 1. The van der Waals surface area contributed by atoms with Crippen LogP contribution in [0.4, 0.5) is 5.69 Å². The molecule has 23 heavy (non-hydrogen) atoms. The highest BCUT2D eigenvalue weighted by Gasteiger charge is 2.10. The molecule has 0 aliphatic rings. The van der Waals surface area contributed by atoms with Gasteiger partial charge in [-0.1, -0.05) is 18.2 Å². The number of aromatic amines is 1. The van der Waals surface area contributed by atoms with E-state index in [4.69, 9.17) is 0 Å². The Morgan fingerprint density at radius 3 is 2.87 bits per heavy atom. The van der Waals surface area contributed by atoms with Crippen LogP contribution in [0.15, 0.2) is 40.6 Å². The molecule has 0 atom stereocenters. The number of carbonyl (C=O) groups is 1. The Labute approximate surface area is 132 Å². The monoisotopic (exact) mass is 311 g/mol. The molecule has 0 radical (unpaired) electrons. The Morgan fingerprint density at radius 1 is 1.35 bits per heavy atom. The summed E-state index contributed by atoms with van der Waals surface area (Å²) in [6, 6.07) is 9.26. The van der Waals surface area contributed by atoms with E-state index in [1.54, 1.807) is 10.7 Å². The van der Waals surface area contributed by atoms with E-state index in [-0.39, 0.29) is 23.9 Å². The molecule has 0 unspecified atom stereocenters. The fraction of sp³-hybridized carbons (Fsp3) is 0.250. The van der Waals surface area contributed by atoms with E-state index in [0.717, 1.165) is 22.3 Å². The zero-order valence-electron chi connectivity index (χ0n) is 12.9. The number of aromatic nitrogens is 3. The maximum Gasteiger partial charge on any atom is 0.266 e. The summed E-state index contributed by atoms with van der Waals surface area (Å²) < 4.78 is 1.77. The summed E-state index contributed by atoms with van der Waals surface area (Å²) in [4.78, 5) is 14.7. The van der Waals surface area contributed by atoms with E-state index >= 15 is 0 Å². The lowest BCUT2D eigenvalue weighted by Gasteiger charge is -2.00. The summed E-state index contributed by atoms with van der Waals surface area (Å²) in [5.41, 5.74) is 2.94. The molecule has 0 fully saturated rings. The van der Waals surface area contributed by atoms with Gasteiger partial charge in [-0.05, 0) is 26.0 Å².